The van der Waals surface area contributed by atoms with Crippen molar-refractivity contribution >= 4 is 24.0 Å². The average molecular weight is 396 g/mol. The fourth-order valence-corrected chi connectivity index (χ4v) is 2.63. The maximum atomic E-state index is 13.1. The van der Waals surface area contributed by atoms with Gasteiger partial charge in [0.1, 0.15) is 0 Å². The first-order valence-corrected chi connectivity index (χ1v) is 7.55. The standard InChI is InChI=1S/C15H19F2N3O5.ClH/c1-24-12-5-9(11(20(22)23)6-13(12)25-2)3-4-18-14(21)10-7-15(16,17)8-19-10;/h5-6,10,19H,3-4,7-8H2,1-2H3,(H,18,21);1H. The van der Waals surface area contributed by atoms with Crippen molar-refractivity contribution in [2.45, 2.75) is 24.8 Å². The maximum Gasteiger partial charge on any atom is 0.276 e. The molecule has 8 nitrogen and oxygen atoms in total. The highest BCUT2D eigenvalue weighted by Gasteiger charge is 2.42. The Hall–Kier alpha value is -2.20. The predicted octanol–water partition coefficient (Wildman–Crippen LogP) is 1.69. The molecule has 1 atom stereocenters. The Labute approximate surface area is 154 Å². The van der Waals surface area contributed by atoms with Gasteiger partial charge in [0.15, 0.2) is 11.5 Å². The average Bonchev–Trinajstić information content (AvgIpc) is 2.94. The van der Waals surface area contributed by atoms with Crippen molar-refractivity contribution in [3.63, 3.8) is 0 Å². The largest absolute Gasteiger partial charge is 0.493 e. The van der Waals surface area contributed by atoms with Crippen molar-refractivity contribution in [3.8, 4) is 11.5 Å². The molecule has 0 spiro atoms. The summed E-state index contributed by atoms with van der Waals surface area (Å²) >= 11 is 0. The number of ether oxygens (including phenoxy) is 2. The third-order valence-electron chi connectivity index (χ3n) is 3.90. The van der Waals surface area contributed by atoms with Crippen LogP contribution in [0.25, 0.3) is 0 Å². The third-order valence-corrected chi connectivity index (χ3v) is 3.90. The van der Waals surface area contributed by atoms with Crippen molar-refractivity contribution in [2.75, 3.05) is 27.3 Å². The number of halogens is 3. The molecule has 1 unspecified atom stereocenters. The van der Waals surface area contributed by atoms with Gasteiger partial charge in [-0.15, -0.1) is 12.4 Å². The van der Waals surface area contributed by atoms with E-state index in [1.807, 2.05) is 0 Å². The number of methoxy groups -OCH3 is 2. The Morgan fingerprint density at radius 1 is 1.38 bits per heavy atom. The van der Waals surface area contributed by atoms with Gasteiger partial charge in [0, 0.05) is 18.5 Å². The van der Waals surface area contributed by atoms with E-state index in [9.17, 15) is 23.7 Å². The molecule has 146 valence electrons. The molecule has 1 aliphatic rings. The number of amides is 1. The van der Waals surface area contributed by atoms with Gasteiger partial charge >= 0.3 is 0 Å². The lowest BCUT2D eigenvalue weighted by Gasteiger charge is -2.13. The molecule has 0 saturated carbocycles. The number of nitro groups is 1. The second-order valence-electron chi connectivity index (χ2n) is 5.63. The smallest absolute Gasteiger partial charge is 0.276 e. The molecule has 2 N–H and O–H groups in total. The van der Waals surface area contributed by atoms with Crippen molar-refractivity contribution < 1.29 is 28.0 Å². The van der Waals surface area contributed by atoms with Crippen molar-refractivity contribution in [1.29, 1.82) is 0 Å². The zero-order valence-electron chi connectivity index (χ0n) is 14.2. The van der Waals surface area contributed by atoms with Crippen LogP contribution in [0.3, 0.4) is 0 Å². The molecular weight excluding hydrogens is 376 g/mol. The summed E-state index contributed by atoms with van der Waals surface area (Å²) in [6, 6.07) is 1.75. The highest BCUT2D eigenvalue weighted by molar-refractivity contribution is 5.85. The van der Waals surface area contributed by atoms with E-state index in [0.29, 0.717) is 11.3 Å². The molecule has 1 saturated heterocycles. The van der Waals surface area contributed by atoms with Crippen LogP contribution in [0.1, 0.15) is 12.0 Å². The van der Waals surface area contributed by atoms with E-state index in [4.69, 9.17) is 9.47 Å². The maximum absolute atomic E-state index is 13.1. The molecule has 0 aliphatic carbocycles. The first-order valence-electron chi connectivity index (χ1n) is 7.55. The van der Waals surface area contributed by atoms with Crippen molar-refractivity contribution in [1.82, 2.24) is 10.6 Å². The molecule has 0 aromatic heterocycles. The minimum absolute atomic E-state index is 0. The topological polar surface area (TPSA) is 103 Å². The molecule has 1 amide bonds. The molecule has 1 aliphatic heterocycles. The molecule has 1 aromatic rings. The molecule has 26 heavy (non-hydrogen) atoms. The molecule has 2 rings (SSSR count). The Morgan fingerprint density at radius 3 is 2.50 bits per heavy atom. The molecule has 0 radical (unpaired) electrons. The number of carbonyl (C=O) groups is 1. The Morgan fingerprint density at radius 2 is 2.00 bits per heavy atom. The van der Waals surface area contributed by atoms with Crippen molar-refractivity contribution in [3.05, 3.63) is 27.8 Å². The Bertz CT molecular complexity index is 675. The minimum Gasteiger partial charge on any atom is -0.493 e. The van der Waals surface area contributed by atoms with Crippen LogP contribution < -0.4 is 20.1 Å². The molecule has 1 heterocycles. The first-order chi connectivity index (χ1) is 11.8. The number of carbonyl (C=O) groups excluding carboxylic acids is 1. The van der Waals surface area contributed by atoms with Crippen LogP contribution in [0.4, 0.5) is 14.5 Å². The summed E-state index contributed by atoms with van der Waals surface area (Å²) in [5.74, 6) is -2.91. The van der Waals surface area contributed by atoms with Gasteiger partial charge in [0.25, 0.3) is 11.6 Å². The van der Waals surface area contributed by atoms with Crippen LogP contribution in [0.15, 0.2) is 12.1 Å². The summed E-state index contributed by atoms with van der Waals surface area (Å²) in [6.45, 7) is -0.467. The number of nitrogens with zero attached hydrogens (tertiary/aromatic N) is 1. The lowest BCUT2D eigenvalue weighted by Crippen LogP contribution is -2.41. The summed E-state index contributed by atoms with van der Waals surface area (Å²) in [5, 5.41) is 16.2. The number of alkyl halides is 2. The Balaban J connectivity index is 0.00000338. The number of nitro benzene ring substituents is 1. The summed E-state index contributed by atoms with van der Waals surface area (Å²) < 4.78 is 36.3. The van der Waals surface area contributed by atoms with Crippen LogP contribution in [0.2, 0.25) is 0 Å². The summed E-state index contributed by atoms with van der Waals surface area (Å²) in [5.41, 5.74) is 0.171. The van der Waals surface area contributed by atoms with Crippen LogP contribution in [0.5, 0.6) is 11.5 Å². The monoisotopic (exact) mass is 395 g/mol. The van der Waals surface area contributed by atoms with E-state index < -0.39 is 35.8 Å². The summed E-state index contributed by atoms with van der Waals surface area (Å²) in [4.78, 5) is 22.5. The van der Waals surface area contributed by atoms with E-state index in [2.05, 4.69) is 10.6 Å². The van der Waals surface area contributed by atoms with Crippen LogP contribution in [0, 0.1) is 10.1 Å². The third kappa shape index (κ3) is 5.15. The quantitative estimate of drug-likeness (QED) is 0.538. The van der Waals surface area contributed by atoms with Crippen molar-refractivity contribution in [2.24, 2.45) is 0 Å². The van der Waals surface area contributed by atoms with Gasteiger partial charge in [-0.1, -0.05) is 0 Å². The number of benzene rings is 1. The molecule has 1 aromatic carbocycles. The van der Waals surface area contributed by atoms with Gasteiger partial charge in [-0.05, 0) is 12.5 Å². The Kier molecular flexibility index (Phi) is 7.52. The van der Waals surface area contributed by atoms with Gasteiger partial charge in [0.05, 0.1) is 37.8 Å². The molecule has 0 bridgehead atoms. The van der Waals surface area contributed by atoms with E-state index in [0.717, 1.165) is 0 Å². The van der Waals surface area contributed by atoms with Crippen LogP contribution >= 0.6 is 12.4 Å². The van der Waals surface area contributed by atoms with Gasteiger partial charge in [-0.2, -0.15) is 0 Å². The fourth-order valence-electron chi connectivity index (χ4n) is 2.63. The van der Waals surface area contributed by atoms with Gasteiger partial charge in [-0.3, -0.25) is 20.2 Å². The summed E-state index contributed by atoms with van der Waals surface area (Å²) in [7, 11) is 2.77. The number of rotatable bonds is 7. The SMILES string of the molecule is COc1cc(CCNC(=O)C2CC(F)(F)CN2)c([N+](=O)[O-])cc1OC.Cl. The molecule has 1 fully saturated rings. The van der Waals surface area contributed by atoms with E-state index in [1.54, 1.807) is 0 Å². The highest BCUT2D eigenvalue weighted by atomic mass is 35.5. The second-order valence-corrected chi connectivity index (χ2v) is 5.63. The lowest BCUT2D eigenvalue weighted by atomic mass is 10.1. The van der Waals surface area contributed by atoms with Gasteiger partial charge in [-0.25, -0.2) is 8.78 Å². The molecular formula is C15H20ClF2N3O5. The lowest BCUT2D eigenvalue weighted by molar-refractivity contribution is -0.385. The number of hydrogen-bond acceptors (Lipinski definition) is 6. The molecule has 11 heteroatoms. The van der Waals surface area contributed by atoms with E-state index in [1.165, 1.54) is 26.4 Å². The van der Waals surface area contributed by atoms with Crippen LogP contribution in [-0.2, 0) is 11.2 Å². The second kappa shape index (κ2) is 8.95. The van der Waals surface area contributed by atoms with Crippen LogP contribution in [-0.4, -0.2) is 50.1 Å². The van der Waals surface area contributed by atoms with E-state index in [-0.39, 0.29) is 36.8 Å². The van der Waals surface area contributed by atoms with Gasteiger partial charge < -0.3 is 14.8 Å². The normalized spacial score (nSPS) is 17.9. The minimum atomic E-state index is -2.90. The van der Waals surface area contributed by atoms with Gasteiger partial charge in [0.2, 0.25) is 5.91 Å². The number of hydrogen-bond donors (Lipinski definition) is 2. The zero-order chi connectivity index (χ0) is 18.6. The summed E-state index contributed by atoms with van der Waals surface area (Å²) in [6.07, 6.45) is -0.416. The highest BCUT2D eigenvalue weighted by Crippen LogP contribution is 2.34. The fraction of sp³-hybridized carbons (Fsp3) is 0.533. The zero-order valence-corrected chi connectivity index (χ0v) is 15.0. The first kappa shape index (κ1) is 21.8. The predicted molar refractivity (Wildman–Crippen MR) is 91.5 cm³/mol. The number of nitrogens with one attached hydrogen (secondary N) is 2. The van der Waals surface area contributed by atoms with E-state index >= 15 is 0 Å².